The van der Waals surface area contributed by atoms with E-state index in [2.05, 4.69) is 0 Å². The van der Waals surface area contributed by atoms with Crippen LogP contribution in [0.25, 0.3) is 0 Å². The van der Waals surface area contributed by atoms with E-state index in [-0.39, 0.29) is 17.9 Å². The lowest BCUT2D eigenvalue weighted by molar-refractivity contribution is -0.133. The van der Waals surface area contributed by atoms with Gasteiger partial charge in [0.15, 0.2) is 6.61 Å². The summed E-state index contributed by atoms with van der Waals surface area (Å²) in [4.78, 5) is 25.0. The van der Waals surface area contributed by atoms with Gasteiger partial charge in [0.25, 0.3) is 5.91 Å². The molecule has 0 aliphatic heterocycles. The molecule has 0 saturated carbocycles. The number of benzene rings is 1. The summed E-state index contributed by atoms with van der Waals surface area (Å²) in [6.07, 6.45) is 1.37. The number of nitrogens with zero attached hydrogens (tertiary/aromatic N) is 1. The predicted octanol–water partition coefficient (Wildman–Crippen LogP) is 2.54. The average molecular weight is 305 g/mol. The molecule has 0 N–H and O–H groups in total. The minimum atomic E-state index is -0.626. The summed E-state index contributed by atoms with van der Waals surface area (Å²) in [5.41, 5.74) is 0.680. The molecule has 6 heteroatoms. The van der Waals surface area contributed by atoms with E-state index in [4.69, 9.17) is 9.15 Å². The second-order valence-corrected chi connectivity index (χ2v) is 4.81. The number of carbonyl (C=O) groups is 2. The van der Waals surface area contributed by atoms with Crippen LogP contribution in [0.5, 0.6) is 0 Å². The van der Waals surface area contributed by atoms with Gasteiger partial charge in [0.05, 0.1) is 6.26 Å². The van der Waals surface area contributed by atoms with Gasteiger partial charge < -0.3 is 14.1 Å². The number of likely N-dealkylation sites (N-methyl/N-ethyl adjacent to an activating group) is 1. The van der Waals surface area contributed by atoms with Crippen molar-refractivity contribution < 1.29 is 23.1 Å². The monoisotopic (exact) mass is 305 g/mol. The highest BCUT2D eigenvalue weighted by Crippen LogP contribution is 2.11. The zero-order valence-corrected chi connectivity index (χ0v) is 12.3. The topological polar surface area (TPSA) is 59.8 Å². The number of hydrogen-bond acceptors (Lipinski definition) is 4. The van der Waals surface area contributed by atoms with Crippen LogP contribution in [-0.2, 0) is 16.1 Å². The van der Waals surface area contributed by atoms with Gasteiger partial charge in [0.1, 0.15) is 17.1 Å². The number of esters is 1. The highest BCUT2D eigenvalue weighted by molar-refractivity contribution is 5.92. The van der Waals surface area contributed by atoms with Crippen LogP contribution in [0, 0.1) is 12.7 Å². The van der Waals surface area contributed by atoms with Crippen molar-refractivity contribution in [3.63, 3.8) is 0 Å². The van der Waals surface area contributed by atoms with Crippen molar-refractivity contribution in [2.75, 3.05) is 13.7 Å². The summed E-state index contributed by atoms with van der Waals surface area (Å²) in [6.45, 7) is 1.32. The molecular formula is C16H16FNO4. The second-order valence-electron chi connectivity index (χ2n) is 4.81. The molecule has 1 aromatic heterocycles. The first-order valence-corrected chi connectivity index (χ1v) is 6.67. The minimum absolute atomic E-state index is 0.105. The molecule has 0 atom stereocenters. The summed E-state index contributed by atoms with van der Waals surface area (Å²) in [7, 11) is 1.52. The molecule has 0 saturated heterocycles. The predicted molar refractivity (Wildman–Crippen MR) is 76.6 cm³/mol. The van der Waals surface area contributed by atoms with Crippen LogP contribution < -0.4 is 0 Å². The Balaban J connectivity index is 1.88. The SMILES string of the molecule is Cc1occc1C(=O)OCC(=O)N(C)Cc1ccccc1F. The normalized spacial score (nSPS) is 10.3. The summed E-state index contributed by atoms with van der Waals surface area (Å²) < 4.78 is 23.5. The van der Waals surface area contributed by atoms with Crippen LogP contribution in [-0.4, -0.2) is 30.4 Å². The standard InChI is InChI=1S/C16H16FNO4/c1-11-13(7-8-21-11)16(20)22-10-15(19)18(2)9-12-5-3-4-6-14(12)17/h3-8H,9-10H2,1-2H3. The molecule has 2 aromatic rings. The maximum Gasteiger partial charge on any atom is 0.342 e. The van der Waals surface area contributed by atoms with Crippen LogP contribution in [0.2, 0.25) is 0 Å². The number of rotatable bonds is 5. The lowest BCUT2D eigenvalue weighted by atomic mass is 10.2. The van der Waals surface area contributed by atoms with Gasteiger partial charge in [0.2, 0.25) is 0 Å². The van der Waals surface area contributed by atoms with Crippen LogP contribution in [0.15, 0.2) is 41.0 Å². The molecule has 0 spiro atoms. The molecule has 5 nitrogen and oxygen atoms in total. The van der Waals surface area contributed by atoms with Gasteiger partial charge in [-0.3, -0.25) is 4.79 Å². The molecule has 116 valence electrons. The van der Waals surface area contributed by atoms with E-state index < -0.39 is 18.5 Å². The smallest absolute Gasteiger partial charge is 0.342 e. The molecule has 0 fully saturated rings. The maximum absolute atomic E-state index is 13.5. The van der Waals surface area contributed by atoms with Gasteiger partial charge in [-0.1, -0.05) is 18.2 Å². The van der Waals surface area contributed by atoms with E-state index >= 15 is 0 Å². The fraction of sp³-hybridized carbons (Fsp3) is 0.250. The first kappa shape index (κ1) is 15.8. The number of furan rings is 1. The molecule has 1 aromatic carbocycles. The van der Waals surface area contributed by atoms with E-state index in [1.54, 1.807) is 25.1 Å². The molecule has 1 heterocycles. The van der Waals surface area contributed by atoms with Gasteiger partial charge in [-0.15, -0.1) is 0 Å². The third-order valence-corrected chi connectivity index (χ3v) is 3.20. The van der Waals surface area contributed by atoms with E-state index in [9.17, 15) is 14.0 Å². The molecule has 1 amide bonds. The van der Waals surface area contributed by atoms with Crippen molar-refractivity contribution in [1.29, 1.82) is 0 Å². The third kappa shape index (κ3) is 3.72. The second kappa shape index (κ2) is 6.89. The molecule has 0 bridgehead atoms. The summed E-state index contributed by atoms with van der Waals surface area (Å²) in [6, 6.07) is 7.68. The van der Waals surface area contributed by atoms with Crippen LogP contribution in [0.4, 0.5) is 4.39 Å². The molecular weight excluding hydrogens is 289 g/mol. The minimum Gasteiger partial charge on any atom is -0.469 e. The van der Waals surface area contributed by atoms with Crippen LogP contribution in [0.3, 0.4) is 0 Å². The highest BCUT2D eigenvalue weighted by atomic mass is 19.1. The Morgan fingerprint density at radius 3 is 2.64 bits per heavy atom. The molecule has 0 aliphatic rings. The van der Waals surface area contributed by atoms with Gasteiger partial charge >= 0.3 is 5.97 Å². The number of amides is 1. The van der Waals surface area contributed by atoms with Crippen molar-refractivity contribution in [2.45, 2.75) is 13.5 Å². The van der Waals surface area contributed by atoms with Crippen molar-refractivity contribution in [1.82, 2.24) is 4.90 Å². The highest BCUT2D eigenvalue weighted by Gasteiger charge is 2.17. The fourth-order valence-corrected chi connectivity index (χ4v) is 1.88. The van der Waals surface area contributed by atoms with Crippen molar-refractivity contribution >= 4 is 11.9 Å². The van der Waals surface area contributed by atoms with Crippen molar-refractivity contribution in [2.24, 2.45) is 0 Å². The molecule has 0 aliphatic carbocycles. The van der Waals surface area contributed by atoms with E-state index in [0.717, 1.165) is 0 Å². The summed E-state index contributed by atoms with van der Waals surface area (Å²) in [5.74, 6) is -0.998. The van der Waals surface area contributed by atoms with Crippen LogP contribution in [0.1, 0.15) is 21.7 Å². The Morgan fingerprint density at radius 1 is 1.27 bits per heavy atom. The molecule has 0 radical (unpaired) electrons. The van der Waals surface area contributed by atoms with Gasteiger partial charge in [0, 0.05) is 19.2 Å². The average Bonchev–Trinajstić information content (AvgIpc) is 2.93. The quantitative estimate of drug-likeness (QED) is 0.797. The largest absolute Gasteiger partial charge is 0.469 e. The molecule has 2 rings (SSSR count). The van der Waals surface area contributed by atoms with E-state index in [0.29, 0.717) is 11.3 Å². The Morgan fingerprint density at radius 2 is 2.00 bits per heavy atom. The number of hydrogen-bond donors (Lipinski definition) is 0. The Labute approximate surface area is 127 Å². The zero-order chi connectivity index (χ0) is 16.1. The van der Waals surface area contributed by atoms with Gasteiger partial charge in [-0.05, 0) is 19.1 Å². The Kier molecular flexibility index (Phi) is 4.93. The molecule has 22 heavy (non-hydrogen) atoms. The molecule has 0 unspecified atom stereocenters. The maximum atomic E-state index is 13.5. The first-order chi connectivity index (χ1) is 10.5. The van der Waals surface area contributed by atoms with Crippen LogP contribution >= 0.6 is 0 Å². The van der Waals surface area contributed by atoms with E-state index in [1.807, 2.05) is 0 Å². The van der Waals surface area contributed by atoms with Gasteiger partial charge in [-0.2, -0.15) is 0 Å². The number of carbonyl (C=O) groups excluding carboxylic acids is 2. The Hall–Kier alpha value is -2.63. The number of ether oxygens (including phenoxy) is 1. The number of halogens is 1. The van der Waals surface area contributed by atoms with Crippen molar-refractivity contribution in [3.05, 3.63) is 59.3 Å². The number of aryl methyl sites for hydroxylation is 1. The summed E-state index contributed by atoms with van der Waals surface area (Å²) >= 11 is 0. The lowest BCUT2D eigenvalue weighted by Gasteiger charge is -2.17. The fourth-order valence-electron chi connectivity index (χ4n) is 1.88. The third-order valence-electron chi connectivity index (χ3n) is 3.20. The summed E-state index contributed by atoms with van der Waals surface area (Å²) in [5, 5.41) is 0. The Bertz CT molecular complexity index is 680. The zero-order valence-electron chi connectivity index (χ0n) is 12.3. The van der Waals surface area contributed by atoms with E-state index in [1.165, 1.54) is 30.3 Å². The van der Waals surface area contributed by atoms with Crippen molar-refractivity contribution in [3.8, 4) is 0 Å². The van der Waals surface area contributed by atoms with Gasteiger partial charge in [-0.25, -0.2) is 9.18 Å². The first-order valence-electron chi connectivity index (χ1n) is 6.67. The lowest BCUT2D eigenvalue weighted by Crippen LogP contribution is -2.31.